The van der Waals surface area contributed by atoms with Crippen molar-refractivity contribution < 1.29 is 0 Å². The standard InChI is InChI=1S/C25H26N2S2/c1-5-20-15-18-9-7-13-27(17(3)4)14-8-10-19-16-21(6-2)29-25(19)23-12-11-22(26-23)24(18)28-20/h1-2,11-12,15-17,26H,7-10,13-14H2,3-4H3. The highest BCUT2D eigenvalue weighted by Crippen LogP contribution is 2.38. The third-order valence-electron chi connectivity index (χ3n) is 5.59. The Hall–Kier alpha value is -2.24. The van der Waals surface area contributed by atoms with Gasteiger partial charge in [-0.2, -0.15) is 0 Å². The van der Waals surface area contributed by atoms with Crippen molar-refractivity contribution in [2.75, 3.05) is 13.1 Å². The van der Waals surface area contributed by atoms with Crippen molar-refractivity contribution in [1.29, 1.82) is 0 Å². The minimum atomic E-state index is 0.553. The van der Waals surface area contributed by atoms with Crippen LogP contribution in [0, 0.1) is 24.7 Å². The van der Waals surface area contributed by atoms with Gasteiger partial charge in [0.2, 0.25) is 0 Å². The molecule has 1 N–H and O–H groups in total. The number of hydrogen-bond acceptors (Lipinski definition) is 3. The number of terminal acetylenes is 2. The number of nitrogens with zero attached hydrogens (tertiary/aromatic N) is 1. The van der Waals surface area contributed by atoms with E-state index in [1.54, 1.807) is 22.7 Å². The smallest absolute Gasteiger partial charge is 0.0775 e. The van der Waals surface area contributed by atoms with E-state index >= 15 is 0 Å². The zero-order valence-electron chi connectivity index (χ0n) is 17.0. The van der Waals surface area contributed by atoms with Crippen molar-refractivity contribution in [2.45, 2.75) is 45.6 Å². The van der Waals surface area contributed by atoms with E-state index < -0.39 is 0 Å². The second-order valence-electron chi connectivity index (χ2n) is 7.84. The fraction of sp³-hybridized carbons (Fsp3) is 0.360. The Labute approximate surface area is 182 Å². The molecule has 29 heavy (non-hydrogen) atoms. The largest absolute Gasteiger partial charge is 0.353 e. The van der Waals surface area contributed by atoms with Crippen LogP contribution in [0.3, 0.4) is 0 Å². The highest BCUT2D eigenvalue weighted by Gasteiger charge is 2.18. The molecule has 0 radical (unpaired) electrons. The number of aryl methyl sites for hydroxylation is 2. The van der Waals surface area contributed by atoms with Crippen LogP contribution in [0.5, 0.6) is 0 Å². The molecular weight excluding hydrogens is 392 g/mol. The first-order valence-corrected chi connectivity index (χ1v) is 11.8. The van der Waals surface area contributed by atoms with Crippen LogP contribution in [0.25, 0.3) is 21.1 Å². The zero-order valence-corrected chi connectivity index (χ0v) is 18.7. The summed E-state index contributed by atoms with van der Waals surface area (Å²) in [4.78, 5) is 10.8. The maximum Gasteiger partial charge on any atom is 0.0775 e. The summed E-state index contributed by atoms with van der Waals surface area (Å²) in [5.74, 6) is 5.66. The van der Waals surface area contributed by atoms with Gasteiger partial charge in [-0.15, -0.1) is 35.5 Å². The molecule has 0 atom stereocenters. The van der Waals surface area contributed by atoms with Gasteiger partial charge < -0.3 is 9.88 Å². The first-order chi connectivity index (χ1) is 14.1. The van der Waals surface area contributed by atoms with E-state index in [4.69, 9.17) is 12.8 Å². The van der Waals surface area contributed by atoms with Crippen LogP contribution in [0.1, 0.15) is 47.6 Å². The third kappa shape index (κ3) is 4.21. The quantitative estimate of drug-likeness (QED) is 0.479. The van der Waals surface area contributed by atoms with E-state index in [-0.39, 0.29) is 0 Å². The molecule has 3 aromatic heterocycles. The van der Waals surface area contributed by atoms with Gasteiger partial charge in [0, 0.05) is 6.04 Å². The highest BCUT2D eigenvalue weighted by atomic mass is 32.1. The number of fused-ring (bicyclic) bond motifs is 6. The molecule has 0 fully saturated rings. The second kappa shape index (κ2) is 8.64. The van der Waals surface area contributed by atoms with E-state index in [1.807, 2.05) is 0 Å². The fourth-order valence-electron chi connectivity index (χ4n) is 4.06. The van der Waals surface area contributed by atoms with Crippen molar-refractivity contribution in [2.24, 2.45) is 0 Å². The molecule has 0 saturated carbocycles. The first-order valence-electron chi connectivity index (χ1n) is 10.2. The number of thiophene rings is 2. The Bertz CT molecular complexity index is 1000. The van der Waals surface area contributed by atoms with Gasteiger partial charge in [0.15, 0.2) is 0 Å². The van der Waals surface area contributed by atoms with Crippen LogP contribution >= 0.6 is 22.7 Å². The topological polar surface area (TPSA) is 19.0 Å². The summed E-state index contributed by atoms with van der Waals surface area (Å²) in [5.41, 5.74) is 5.02. The molecule has 4 rings (SSSR count). The summed E-state index contributed by atoms with van der Waals surface area (Å²) >= 11 is 3.42. The summed E-state index contributed by atoms with van der Waals surface area (Å²) in [6.45, 7) is 6.81. The highest BCUT2D eigenvalue weighted by molar-refractivity contribution is 7.16. The summed E-state index contributed by atoms with van der Waals surface area (Å²) in [5, 5.41) is 0. The number of hydrogen-bond donors (Lipinski definition) is 1. The maximum atomic E-state index is 5.72. The van der Waals surface area contributed by atoms with Crippen LogP contribution in [-0.4, -0.2) is 29.0 Å². The summed E-state index contributed by atoms with van der Waals surface area (Å²) in [6, 6.07) is 9.31. The molecule has 3 aromatic rings. The average molecular weight is 419 g/mol. The predicted molar refractivity (Wildman–Crippen MR) is 127 cm³/mol. The van der Waals surface area contributed by atoms with E-state index in [2.05, 4.69) is 59.8 Å². The molecule has 0 aliphatic carbocycles. The molecule has 4 heterocycles. The lowest BCUT2D eigenvalue weighted by Gasteiger charge is -2.26. The molecule has 0 amide bonds. The summed E-state index contributed by atoms with van der Waals surface area (Å²) in [7, 11) is 0. The van der Waals surface area contributed by atoms with E-state index in [0.717, 1.165) is 59.9 Å². The van der Waals surface area contributed by atoms with Gasteiger partial charge >= 0.3 is 0 Å². The molecule has 0 aromatic carbocycles. The van der Waals surface area contributed by atoms with Crippen molar-refractivity contribution in [1.82, 2.24) is 9.88 Å². The van der Waals surface area contributed by atoms with Gasteiger partial charge in [0.25, 0.3) is 0 Å². The minimum Gasteiger partial charge on any atom is -0.353 e. The van der Waals surface area contributed by atoms with Crippen molar-refractivity contribution >= 4 is 22.7 Å². The maximum absolute atomic E-state index is 5.72. The van der Waals surface area contributed by atoms with Crippen LogP contribution in [-0.2, 0) is 12.8 Å². The molecule has 0 saturated heterocycles. The van der Waals surface area contributed by atoms with Gasteiger partial charge in [-0.05, 0) is 88.0 Å². The van der Waals surface area contributed by atoms with Gasteiger partial charge in [-0.25, -0.2) is 0 Å². The third-order valence-corrected chi connectivity index (χ3v) is 7.87. The summed E-state index contributed by atoms with van der Waals surface area (Å²) < 4.78 is 0. The molecular formula is C25H26N2S2. The minimum absolute atomic E-state index is 0.553. The first kappa shape index (κ1) is 20.0. The normalized spacial score (nSPS) is 15.2. The summed E-state index contributed by atoms with van der Waals surface area (Å²) in [6.07, 6.45) is 15.8. The van der Waals surface area contributed by atoms with E-state index in [9.17, 15) is 0 Å². The van der Waals surface area contributed by atoms with Crippen molar-refractivity contribution in [3.63, 3.8) is 0 Å². The van der Waals surface area contributed by atoms with Crippen molar-refractivity contribution in [3.05, 3.63) is 45.1 Å². The Balaban J connectivity index is 1.78. The SMILES string of the molecule is C#Cc1cc2c(s1)-c1ccc([nH]1)-c1sc(C#C)cc1CCCN(C(C)C)CCC2. The predicted octanol–water partition coefficient (Wildman–Crippen LogP) is 6.02. The zero-order chi connectivity index (χ0) is 20.4. The molecule has 0 spiro atoms. The fourth-order valence-corrected chi connectivity index (χ4v) is 6.06. The number of H-pyrrole nitrogens is 1. The molecule has 1 aliphatic heterocycles. The monoisotopic (exact) mass is 418 g/mol. The van der Waals surface area contributed by atoms with E-state index in [0.29, 0.717) is 6.04 Å². The number of aromatic amines is 1. The molecule has 1 aliphatic rings. The average Bonchev–Trinajstić information content (AvgIpc) is 3.43. The van der Waals surface area contributed by atoms with E-state index in [1.165, 1.54) is 20.9 Å². The molecule has 2 bridgehead atoms. The Morgan fingerprint density at radius 1 is 0.897 bits per heavy atom. The lowest BCUT2D eigenvalue weighted by Crippen LogP contribution is -2.33. The van der Waals surface area contributed by atoms with Crippen molar-refractivity contribution in [3.8, 4) is 45.8 Å². The van der Waals surface area contributed by atoms with Gasteiger partial charge in [-0.3, -0.25) is 0 Å². The van der Waals surface area contributed by atoms with Crippen LogP contribution in [0.15, 0.2) is 24.3 Å². The lowest BCUT2D eigenvalue weighted by molar-refractivity contribution is 0.217. The number of rotatable bonds is 1. The van der Waals surface area contributed by atoms with Gasteiger partial charge in [-0.1, -0.05) is 11.8 Å². The molecule has 4 heteroatoms. The Kier molecular flexibility index (Phi) is 5.97. The molecule has 148 valence electrons. The lowest BCUT2D eigenvalue weighted by atomic mass is 10.1. The van der Waals surface area contributed by atoms with Gasteiger partial charge in [0.05, 0.1) is 30.9 Å². The van der Waals surface area contributed by atoms with Crippen LogP contribution in [0.2, 0.25) is 0 Å². The van der Waals surface area contributed by atoms with Crippen LogP contribution in [0.4, 0.5) is 0 Å². The number of aromatic nitrogens is 1. The number of nitrogens with one attached hydrogen (secondary N) is 1. The Morgan fingerprint density at radius 2 is 1.38 bits per heavy atom. The molecule has 0 unspecified atom stereocenters. The second-order valence-corrected chi connectivity index (χ2v) is 9.95. The Morgan fingerprint density at radius 3 is 1.79 bits per heavy atom. The molecule has 2 nitrogen and oxygen atoms in total. The van der Waals surface area contributed by atoms with Gasteiger partial charge in [0.1, 0.15) is 0 Å². The van der Waals surface area contributed by atoms with Crippen LogP contribution < -0.4 is 0 Å².